The van der Waals surface area contributed by atoms with Gasteiger partial charge in [0, 0.05) is 0 Å². The quantitative estimate of drug-likeness (QED) is 0.426. The van der Waals surface area contributed by atoms with Crippen LogP contribution in [-0.4, -0.2) is 26.9 Å². The summed E-state index contributed by atoms with van der Waals surface area (Å²) >= 11 is 0. The Morgan fingerprint density at radius 2 is 0.792 bits per heavy atom. The maximum atomic E-state index is 14.0. The molecule has 0 heterocycles. The van der Waals surface area contributed by atoms with Gasteiger partial charge in [-0.3, -0.25) is 4.79 Å². The van der Waals surface area contributed by atoms with Gasteiger partial charge in [-0.15, -0.1) is 0 Å². The number of rotatable bonds is 6. The Kier molecular flexibility index (Phi) is 7.81. The molecule has 0 fully saturated rings. The van der Waals surface area contributed by atoms with E-state index in [9.17, 15) is 4.79 Å². The molecule has 144 valence electrons. The molecular formula is C21H44OP2. The van der Waals surface area contributed by atoms with Gasteiger partial charge < -0.3 is 0 Å². The molecule has 0 amide bonds. The van der Waals surface area contributed by atoms with E-state index >= 15 is 0 Å². The Balaban J connectivity index is 6.21. The van der Waals surface area contributed by atoms with Crippen molar-refractivity contribution in [2.24, 2.45) is 10.8 Å². The highest BCUT2D eigenvalue weighted by atomic mass is 31.2. The van der Waals surface area contributed by atoms with Gasteiger partial charge in [-0.1, -0.05) is 96.9 Å². The lowest BCUT2D eigenvalue weighted by Gasteiger charge is -2.52. The zero-order valence-electron chi connectivity index (χ0n) is 19.0. The predicted molar refractivity (Wildman–Crippen MR) is 117 cm³/mol. The van der Waals surface area contributed by atoms with Crippen LogP contribution in [0, 0.1) is 10.8 Å². The van der Waals surface area contributed by atoms with Crippen molar-refractivity contribution in [3.8, 4) is 0 Å². The third-order valence-corrected chi connectivity index (χ3v) is 14.3. The summed E-state index contributed by atoms with van der Waals surface area (Å²) in [5.41, 5.74) is 1.12. The molecule has 0 aliphatic rings. The zero-order valence-corrected chi connectivity index (χ0v) is 20.7. The zero-order chi connectivity index (χ0) is 19.9. The van der Waals surface area contributed by atoms with E-state index in [0.717, 1.165) is 0 Å². The van der Waals surface area contributed by atoms with Crippen LogP contribution in [0.1, 0.15) is 96.9 Å². The maximum absolute atomic E-state index is 14.0. The second-order valence-electron chi connectivity index (χ2n) is 10.8. The Morgan fingerprint density at radius 1 is 0.583 bits per heavy atom. The summed E-state index contributed by atoms with van der Waals surface area (Å²) in [6.07, 6.45) is 0. The fourth-order valence-electron chi connectivity index (χ4n) is 3.05. The molecular weight excluding hydrogens is 330 g/mol. The molecule has 0 N–H and O–H groups in total. The van der Waals surface area contributed by atoms with Crippen LogP contribution in [0.4, 0.5) is 4.79 Å². The van der Waals surface area contributed by atoms with Crippen LogP contribution >= 0.6 is 15.8 Å². The summed E-state index contributed by atoms with van der Waals surface area (Å²) in [5, 5.41) is 0.679. The van der Waals surface area contributed by atoms with Crippen LogP contribution in [-0.2, 0) is 0 Å². The molecule has 24 heavy (non-hydrogen) atoms. The first-order valence-corrected chi connectivity index (χ1v) is 12.2. The van der Waals surface area contributed by atoms with Crippen LogP contribution in [0.5, 0.6) is 0 Å². The molecule has 2 unspecified atom stereocenters. The van der Waals surface area contributed by atoms with Crippen molar-refractivity contribution in [3.05, 3.63) is 0 Å². The Labute approximate surface area is 155 Å². The number of hydrogen-bond donors (Lipinski definition) is 0. The predicted octanol–water partition coefficient (Wildman–Crippen LogP) is 8.54. The highest BCUT2D eigenvalue weighted by molar-refractivity contribution is 8.02. The van der Waals surface area contributed by atoms with E-state index in [1.807, 2.05) is 0 Å². The van der Waals surface area contributed by atoms with Gasteiger partial charge >= 0.3 is 0 Å². The smallest absolute Gasteiger partial charge is 0.176 e. The standard InChI is InChI=1S/C21H44OP2/c1-15(2)23(20(11,12)18(5,6)7)17(22)24(16(3)4)21(13,14)19(8,9)10/h15-16H,1-14H3. The molecule has 0 spiro atoms. The van der Waals surface area contributed by atoms with E-state index < -0.39 is 15.8 Å². The van der Waals surface area contributed by atoms with Crippen molar-refractivity contribution in [3.63, 3.8) is 0 Å². The van der Waals surface area contributed by atoms with Crippen molar-refractivity contribution >= 4 is 21.1 Å². The van der Waals surface area contributed by atoms with Crippen LogP contribution in [0.25, 0.3) is 0 Å². The molecule has 0 bridgehead atoms. The number of hydrogen-bond acceptors (Lipinski definition) is 1. The summed E-state index contributed by atoms with van der Waals surface area (Å²) in [4.78, 5) is 14.0. The molecule has 0 rings (SSSR count). The average molecular weight is 375 g/mol. The van der Waals surface area contributed by atoms with Crippen LogP contribution in [0.15, 0.2) is 0 Å². The summed E-state index contributed by atoms with van der Waals surface area (Å²) in [5.74, 6) is 0. The molecule has 0 aromatic rings. The van der Waals surface area contributed by atoms with E-state index in [0.29, 0.717) is 16.6 Å². The fourth-order valence-corrected chi connectivity index (χ4v) is 12.7. The van der Waals surface area contributed by atoms with Gasteiger partial charge in [0.25, 0.3) is 0 Å². The summed E-state index contributed by atoms with van der Waals surface area (Å²) in [6.45, 7) is 32.1. The van der Waals surface area contributed by atoms with Gasteiger partial charge in [0.2, 0.25) is 0 Å². The Hall–Kier alpha value is 0.530. The lowest BCUT2D eigenvalue weighted by Crippen LogP contribution is -2.42. The molecule has 0 saturated carbocycles. The van der Waals surface area contributed by atoms with Crippen LogP contribution in [0.3, 0.4) is 0 Å². The third-order valence-electron chi connectivity index (χ3n) is 6.32. The van der Waals surface area contributed by atoms with Crippen molar-refractivity contribution < 1.29 is 4.79 Å². The molecule has 2 atom stereocenters. The number of carbonyl (C=O) groups excluding carboxylic acids is 1. The van der Waals surface area contributed by atoms with Crippen LogP contribution < -0.4 is 0 Å². The van der Waals surface area contributed by atoms with Crippen molar-refractivity contribution in [1.29, 1.82) is 0 Å². The largest absolute Gasteiger partial charge is 0.289 e. The first kappa shape index (κ1) is 24.5. The normalized spacial score (nSPS) is 17.3. The van der Waals surface area contributed by atoms with Crippen LogP contribution in [0.2, 0.25) is 0 Å². The molecule has 0 aliphatic heterocycles. The molecule has 0 saturated heterocycles. The topological polar surface area (TPSA) is 17.1 Å². The Morgan fingerprint density at radius 3 is 0.917 bits per heavy atom. The van der Waals surface area contributed by atoms with Gasteiger partial charge in [-0.05, 0) is 48.3 Å². The van der Waals surface area contributed by atoms with E-state index in [1.54, 1.807) is 0 Å². The highest BCUT2D eigenvalue weighted by Crippen LogP contribution is 2.73. The average Bonchev–Trinajstić information content (AvgIpc) is 2.22. The first-order chi connectivity index (χ1) is 10.3. The lowest BCUT2D eigenvalue weighted by atomic mass is 9.82. The monoisotopic (exact) mass is 374 g/mol. The molecule has 3 heteroatoms. The van der Waals surface area contributed by atoms with Gasteiger partial charge in [0.05, 0.1) is 0 Å². The van der Waals surface area contributed by atoms with E-state index in [2.05, 4.69) is 96.9 Å². The lowest BCUT2D eigenvalue weighted by molar-refractivity contribution is 0.268. The minimum Gasteiger partial charge on any atom is -0.289 e. The summed E-state index contributed by atoms with van der Waals surface area (Å²) < 4.78 is 0. The molecule has 0 aromatic heterocycles. The molecule has 1 nitrogen and oxygen atoms in total. The summed E-state index contributed by atoms with van der Waals surface area (Å²) in [7, 11) is -1.41. The van der Waals surface area contributed by atoms with E-state index in [4.69, 9.17) is 0 Å². The van der Waals surface area contributed by atoms with Gasteiger partial charge in [-0.25, -0.2) is 0 Å². The van der Waals surface area contributed by atoms with E-state index in [-0.39, 0.29) is 21.1 Å². The van der Waals surface area contributed by atoms with Gasteiger partial charge in [0.1, 0.15) is 0 Å². The fraction of sp³-hybridized carbons (Fsp3) is 0.952. The van der Waals surface area contributed by atoms with Crippen molar-refractivity contribution in [1.82, 2.24) is 0 Å². The second kappa shape index (κ2) is 7.64. The maximum Gasteiger partial charge on any atom is 0.176 e. The molecule has 0 aromatic carbocycles. The molecule has 0 aliphatic carbocycles. The third kappa shape index (κ3) is 4.82. The van der Waals surface area contributed by atoms with Crippen molar-refractivity contribution in [2.45, 2.75) is 119 Å². The number of carbonyl (C=O) groups is 1. The SMILES string of the molecule is CC(C)P(C(=O)P(C(C)C)C(C)(C)C(C)(C)C)C(C)(C)C(C)(C)C. The van der Waals surface area contributed by atoms with E-state index in [1.165, 1.54) is 0 Å². The second-order valence-corrected chi connectivity index (χ2v) is 17.8. The minimum atomic E-state index is -0.706. The molecule has 0 radical (unpaired) electrons. The summed E-state index contributed by atoms with van der Waals surface area (Å²) in [6, 6.07) is 0. The highest BCUT2D eigenvalue weighted by Gasteiger charge is 2.52. The van der Waals surface area contributed by atoms with Crippen molar-refractivity contribution in [2.75, 3.05) is 0 Å². The van der Waals surface area contributed by atoms with Gasteiger partial charge in [0.15, 0.2) is 5.27 Å². The Bertz CT molecular complexity index is 394. The minimum absolute atomic E-state index is 0.0387. The first-order valence-electron chi connectivity index (χ1n) is 9.42. The van der Waals surface area contributed by atoms with Gasteiger partial charge in [-0.2, -0.15) is 0 Å².